The maximum Gasteiger partial charge on any atom is 0.260 e. The minimum atomic E-state index is -0.0720. The fraction of sp³-hybridized carbons (Fsp3) is 0.533. The summed E-state index contributed by atoms with van der Waals surface area (Å²) >= 11 is 0. The van der Waals surface area contributed by atoms with E-state index in [0.717, 1.165) is 18.4 Å². The van der Waals surface area contributed by atoms with Crippen molar-refractivity contribution in [3.8, 4) is 11.5 Å². The summed E-state index contributed by atoms with van der Waals surface area (Å²) in [6, 6.07) is 5.57. The Morgan fingerprint density at radius 3 is 2.70 bits per heavy atom. The maximum absolute atomic E-state index is 12.1. The Kier molecular flexibility index (Phi) is 4.84. The van der Waals surface area contributed by atoms with Crippen molar-refractivity contribution in [1.82, 2.24) is 4.90 Å². The smallest absolute Gasteiger partial charge is 0.260 e. The van der Waals surface area contributed by atoms with Crippen LogP contribution >= 0.6 is 0 Å². The summed E-state index contributed by atoms with van der Waals surface area (Å²) in [5.41, 5.74) is 0.725. The van der Waals surface area contributed by atoms with Gasteiger partial charge in [-0.2, -0.15) is 0 Å². The molecule has 2 rings (SSSR count). The SMILES string of the molecule is CCN(C(=O)COc1cc(CO)ccc1OC)C1CC1. The van der Waals surface area contributed by atoms with Gasteiger partial charge in [0.15, 0.2) is 18.1 Å². The lowest BCUT2D eigenvalue weighted by Crippen LogP contribution is -2.36. The van der Waals surface area contributed by atoms with Crippen molar-refractivity contribution in [3.63, 3.8) is 0 Å². The number of rotatable bonds is 7. The van der Waals surface area contributed by atoms with E-state index in [2.05, 4.69) is 0 Å². The van der Waals surface area contributed by atoms with Gasteiger partial charge in [0.1, 0.15) is 0 Å². The molecule has 0 radical (unpaired) electrons. The van der Waals surface area contributed by atoms with E-state index < -0.39 is 0 Å². The van der Waals surface area contributed by atoms with Gasteiger partial charge in [0.25, 0.3) is 5.91 Å². The second-order valence-electron chi connectivity index (χ2n) is 4.84. The highest BCUT2D eigenvalue weighted by molar-refractivity contribution is 5.78. The lowest BCUT2D eigenvalue weighted by atomic mass is 10.2. The fourth-order valence-electron chi connectivity index (χ4n) is 2.18. The van der Waals surface area contributed by atoms with Crippen LogP contribution in [0.3, 0.4) is 0 Å². The zero-order valence-corrected chi connectivity index (χ0v) is 12.0. The number of benzene rings is 1. The Morgan fingerprint density at radius 1 is 1.40 bits per heavy atom. The summed E-state index contributed by atoms with van der Waals surface area (Å²) in [7, 11) is 1.55. The van der Waals surface area contributed by atoms with Gasteiger partial charge in [-0.3, -0.25) is 4.79 Å². The number of carbonyl (C=O) groups is 1. The van der Waals surface area contributed by atoms with E-state index in [4.69, 9.17) is 14.6 Å². The number of aliphatic hydroxyl groups is 1. The van der Waals surface area contributed by atoms with E-state index in [1.807, 2.05) is 11.8 Å². The molecule has 0 atom stereocenters. The van der Waals surface area contributed by atoms with Crippen LogP contribution in [-0.4, -0.2) is 42.2 Å². The molecule has 1 amide bonds. The van der Waals surface area contributed by atoms with Crippen molar-refractivity contribution in [1.29, 1.82) is 0 Å². The molecule has 5 heteroatoms. The van der Waals surface area contributed by atoms with Crippen LogP contribution in [0.2, 0.25) is 0 Å². The number of ether oxygens (including phenoxy) is 2. The van der Waals surface area contributed by atoms with Gasteiger partial charge < -0.3 is 19.5 Å². The Hall–Kier alpha value is -1.75. The third kappa shape index (κ3) is 3.42. The largest absolute Gasteiger partial charge is 0.493 e. The van der Waals surface area contributed by atoms with Crippen LogP contribution in [-0.2, 0) is 11.4 Å². The average Bonchev–Trinajstić information content (AvgIpc) is 3.30. The summed E-state index contributed by atoms with van der Waals surface area (Å²) in [6.07, 6.45) is 2.17. The second kappa shape index (κ2) is 6.61. The van der Waals surface area contributed by atoms with Crippen molar-refractivity contribution >= 4 is 5.91 Å². The number of amides is 1. The normalized spacial score (nSPS) is 13.9. The van der Waals surface area contributed by atoms with E-state index in [1.54, 1.807) is 25.3 Å². The van der Waals surface area contributed by atoms with Gasteiger partial charge in [-0.05, 0) is 37.5 Å². The van der Waals surface area contributed by atoms with Gasteiger partial charge in [0.2, 0.25) is 0 Å². The van der Waals surface area contributed by atoms with E-state index >= 15 is 0 Å². The molecule has 1 aromatic rings. The molecule has 20 heavy (non-hydrogen) atoms. The molecule has 0 unspecified atom stereocenters. The third-order valence-electron chi connectivity index (χ3n) is 3.41. The molecular weight excluding hydrogens is 258 g/mol. The van der Waals surface area contributed by atoms with E-state index in [1.165, 1.54) is 0 Å². The van der Waals surface area contributed by atoms with Crippen LogP contribution in [0.5, 0.6) is 11.5 Å². The predicted molar refractivity (Wildman–Crippen MR) is 74.8 cm³/mol. The van der Waals surface area contributed by atoms with Crippen LogP contribution in [0, 0.1) is 0 Å². The first-order valence-corrected chi connectivity index (χ1v) is 6.89. The quantitative estimate of drug-likeness (QED) is 0.823. The molecule has 1 aliphatic rings. The zero-order chi connectivity index (χ0) is 14.5. The van der Waals surface area contributed by atoms with Gasteiger partial charge in [-0.25, -0.2) is 0 Å². The molecule has 1 aromatic carbocycles. The summed E-state index contributed by atoms with van der Waals surface area (Å²) in [5, 5.41) is 9.14. The number of hydrogen-bond acceptors (Lipinski definition) is 4. The third-order valence-corrected chi connectivity index (χ3v) is 3.41. The summed E-state index contributed by atoms with van der Waals surface area (Å²) in [6.45, 7) is 2.61. The topological polar surface area (TPSA) is 59.0 Å². The monoisotopic (exact) mass is 279 g/mol. The van der Waals surface area contributed by atoms with Crippen molar-refractivity contribution in [2.75, 3.05) is 20.3 Å². The number of aliphatic hydroxyl groups excluding tert-OH is 1. The van der Waals surface area contributed by atoms with Gasteiger partial charge in [0.05, 0.1) is 13.7 Å². The Balaban J connectivity index is 2.00. The molecule has 1 N–H and O–H groups in total. The van der Waals surface area contributed by atoms with E-state index in [-0.39, 0.29) is 19.1 Å². The van der Waals surface area contributed by atoms with Crippen LogP contribution in [0.4, 0.5) is 0 Å². The first kappa shape index (κ1) is 14.7. The fourth-order valence-corrected chi connectivity index (χ4v) is 2.18. The number of methoxy groups -OCH3 is 1. The Morgan fingerprint density at radius 2 is 2.15 bits per heavy atom. The summed E-state index contributed by atoms with van der Waals surface area (Å²) in [4.78, 5) is 13.9. The first-order valence-electron chi connectivity index (χ1n) is 6.89. The standard InChI is InChI=1S/C15H21NO4/c1-3-16(12-5-6-12)15(18)10-20-14-8-11(9-17)4-7-13(14)19-2/h4,7-8,12,17H,3,5-6,9-10H2,1-2H3. The molecule has 0 bridgehead atoms. The van der Waals surface area contributed by atoms with Crippen LogP contribution in [0.25, 0.3) is 0 Å². The molecular formula is C15H21NO4. The van der Waals surface area contributed by atoms with Gasteiger partial charge in [-0.15, -0.1) is 0 Å². The molecule has 0 heterocycles. The highest BCUT2D eigenvalue weighted by Gasteiger charge is 2.31. The Labute approximate surface area is 119 Å². The number of hydrogen-bond donors (Lipinski definition) is 1. The lowest BCUT2D eigenvalue weighted by Gasteiger charge is -2.20. The minimum Gasteiger partial charge on any atom is -0.493 e. The van der Waals surface area contributed by atoms with Crippen LogP contribution in [0.1, 0.15) is 25.3 Å². The average molecular weight is 279 g/mol. The molecule has 0 saturated heterocycles. The number of carbonyl (C=O) groups excluding carboxylic acids is 1. The van der Waals surface area contributed by atoms with Gasteiger partial charge >= 0.3 is 0 Å². The molecule has 110 valence electrons. The van der Waals surface area contributed by atoms with Crippen LogP contribution in [0.15, 0.2) is 18.2 Å². The molecule has 1 fully saturated rings. The highest BCUT2D eigenvalue weighted by atomic mass is 16.5. The van der Waals surface area contributed by atoms with Crippen molar-refractivity contribution < 1.29 is 19.4 Å². The van der Waals surface area contributed by atoms with Crippen LogP contribution < -0.4 is 9.47 Å². The minimum absolute atomic E-state index is 0.00438. The van der Waals surface area contributed by atoms with Gasteiger partial charge in [0, 0.05) is 12.6 Å². The van der Waals surface area contributed by atoms with Crippen molar-refractivity contribution in [3.05, 3.63) is 23.8 Å². The van der Waals surface area contributed by atoms with E-state index in [9.17, 15) is 4.79 Å². The molecule has 1 aliphatic carbocycles. The number of likely N-dealkylation sites (N-methyl/N-ethyl adjacent to an activating group) is 1. The molecule has 5 nitrogen and oxygen atoms in total. The zero-order valence-electron chi connectivity index (χ0n) is 12.0. The molecule has 0 aliphatic heterocycles. The summed E-state index contributed by atoms with van der Waals surface area (Å²) in [5.74, 6) is 1.04. The van der Waals surface area contributed by atoms with E-state index in [0.29, 0.717) is 24.1 Å². The van der Waals surface area contributed by atoms with Crippen molar-refractivity contribution in [2.24, 2.45) is 0 Å². The maximum atomic E-state index is 12.1. The summed E-state index contributed by atoms with van der Waals surface area (Å²) < 4.78 is 10.8. The predicted octanol–water partition coefficient (Wildman–Crippen LogP) is 1.58. The number of nitrogens with zero attached hydrogens (tertiary/aromatic N) is 1. The first-order chi connectivity index (χ1) is 9.69. The molecule has 1 saturated carbocycles. The van der Waals surface area contributed by atoms with Crippen molar-refractivity contribution in [2.45, 2.75) is 32.4 Å². The van der Waals surface area contributed by atoms with Gasteiger partial charge in [-0.1, -0.05) is 6.07 Å². The molecule has 0 spiro atoms. The lowest BCUT2D eigenvalue weighted by molar-refractivity contribution is -0.133. The highest BCUT2D eigenvalue weighted by Crippen LogP contribution is 2.29. The Bertz CT molecular complexity index is 471. The molecule has 0 aromatic heterocycles. The second-order valence-corrected chi connectivity index (χ2v) is 4.84.